The second-order valence-electron chi connectivity index (χ2n) is 4.20. The highest BCUT2D eigenvalue weighted by Gasteiger charge is 2.07. The Morgan fingerprint density at radius 3 is 2.71 bits per heavy atom. The quantitative estimate of drug-likeness (QED) is 0.333. The molecule has 0 unspecified atom stereocenters. The van der Waals surface area contributed by atoms with E-state index in [1.165, 1.54) is 6.20 Å². The van der Waals surface area contributed by atoms with E-state index in [9.17, 15) is 4.79 Å². The zero-order chi connectivity index (χ0) is 15.5. The number of halogens is 1. The van der Waals surface area contributed by atoms with Gasteiger partial charge in [0.15, 0.2) is 0 Å². The highest BCUT2D eigenvalue weighted by molar-refractivity contribution is 6.17. The lowest BCUT2D eigenvalue weighted by Crippen LogP contribution is -2.26. The van der Waals surface area contributed by atoms with Crippen LogP contribution in [0, 0.1) is 11.3 Å². The number of nitrogens with one attached hydrogen (secondary N) is 2. The molecule has 0 bridgehead atoms. The Balaban J connectivity index is 2.48. The minimum Gasteiger partial charge on any atom is -0.497 e. The lowest BCUT2D eigenvalue weighted by atomic mass is 10.2. The number of carbonyl (C=O) groups excluding carboxylic acids is 1. The van der Waals surface area contributed by atoms with Crippen LogP contribution in [0.25, 0.3) is 0 Å². The van der Waals surface area contributed by atoms with Crippen molar-refractivity contribution in [1.29, 1.82) is 5.26 Å². The number of alkyl halides is 1. The molecule has 5 nitrogen and oxygen atoms in total. The van der Waals surface area contributed by atoms with Gasteiger partial charge in [0.2, 0.25) is 0 Å². The number of nitriles is 1. The van der Waals surface area contributed by atoms with Gasteiger partial charge < -0.3 is 15.4 Å². The highest BCUT2D eigenvalue weighted by atomic mass is 35.5. The van der Waals surface area contributed by atoms with Crippen LogP contribution in [0.2, 0.25) is 0 Å². The zero-order valence-corrected chi connectivity index (χ0v) is 12.6. The average molecular weight is 308 g/mol. The van der Waals surface area contributed by atoms with Crippen molar-refractivity contribution in [3.8, 4) is 11.8 Å². The third kappa shape index (κ3) is 6.19. The van der Waals surface area contributed by atoms with E-state index in [2.05, 4.69) is 10.6 Å². The second-order valence-corrected chi connectivity index (χ2v) is 4.58. The van der Waals surface area contributed by atoms with Gasteiger partial charge >= 0.3 is 0 Å². The van der Waals surface area contributed by atoms with Gasteiger partial charge in [-0.3, -0.25) is 4.79 Å². The van der Waals surface area contributed by atoms with Crippen LogP contribution in [0.15, 0.2) is 36.0 Å². The summed E-state index contributed by atoms with van der Waals surface area (Å²) in [7, 11) is 1.61. The predicted molar refractivity (Wildman–Crippen MR) is 81.9 cm³/mol. The topological polar surface area (TPSA) is 74.1 Å². The van der Waals surface area contributed by atoms with Crippen LogP contribution in [0.1, 0.15) is 12.0 Å². The van der Waals surface area contributed by atoms with E-state index in [4.69, 9.17) is 21.6 Å². The minimum atomic E-state index is -0.398. The Morgan fingerprint density at radius 1 is 1.43 bits per heavy atom. The summed E-state index contributed by atoms with van der Waals surface area (Å²) in [6.45, 7) is 0.976. The van der Waals surface area contributed by atoms with Gasteiger partial charge in [0, 0.05) is 25.2 Å². The first-order valence-electron chi connectivity index (χ1n) is 6.52. The Bertz CT molecular complexity index is 521. The summed E-state index contributed by atoms with van der Waals surface area (Å²) < 4.78 is 5.07. The summed E-state index contributed by atoms with van der Waals surface area (Å²) in [6.07, 6.45) is 2.09. The Kier molecular flexibility index (Phi) is 7.77. The molecule has 0 radical (unpaired) electrons. The lowest BCUT2D eigenvalue weighted by Gasteiger charge is -2.05. The monoisotopic (exact) mass is 307 g/mol. The fraction of sp³-hybridized carbons (Fsp3) is 0.333. The number of ether oxygens (including phenoxy) is 1. The largest absolute Gasteiger partial charge is 0.497 e. The first-order valence-corrected chi connectivity index (χ1v) is 7.05. The number of amides is 1. The molecule has 0 saturated heterocycles. The summed E-state index contributed by atoms with van der Waals surface area (Å²) in [5.74, 6) is 0.859. The van der Waals surface area contributed by atoms with E-state index in [1.807, 2.05) is 30.3 Å². The number of benzene rings is 1. The van der Waals surface area contributed by atoms with Crippen molar-refractivity contribution < 1.29 is 9.53 Å². The molecular formula is C15H18ClN3O2. The summed E-state index contributed by atoms with van der Waals surface area (Å²) in [4.78, 5) is 11.7. The summed E-state index contributed by atoms with van der Waals surface area (Å²) in [5.41, 5.74) is 1.06. The maximum Gasteiger partial charge on any atom is 0.263 e. The summed E-state index contributed by atoms with van der Waals surface area (Å²) >= 11 is 5.52. The molecule has 0 fully saturated rings. The smallest absolute Gasteiger partial charge is 0.263 e. The van der Waals surface area contributed by atoms with Crippen molar-refractivity contribution in [2.75, 3.05) is 19.5 Å². The molecule has 1 aromatic rings. The molecule has 1 rings (SSSR count). The zero-order valence-electron chi connectivity index (χ0n) is 11.9. The molecular weight excluding hydrogens is 290 g/mol. The van der Waals surface area contributed by atoms with Gasteiger partial charge in [0.05, 0.1) is 7.11 Å². The standard InChI is InChI=1S/C15H18ClN3O2/c1-21-14-5-3-12(4-6-14)10-18-11-13(9-17)15(20)19-8-2-7-16/h3-6,11,18H,2,7-8,10H2,1H3,(H,19,20)/b13-11-. The molecule has 0 atom stereocenters. The minimum absolute atomic E-state index is 0.0399. The van der Waals surface area contributed by atoms with E-state index in [0.717, 1.165) is 11.3 Å². The summed E-state index contributed by atoms with van der Waals surface area (Å²) in [6, 6.07) is 9.39. The Hall–Kier alpha value is -2.19. The molecule has 21 heavy (non-hydrogen) atoms. The van der Waals surface area contributed by atoms with E-state index in [-0.39, 0.29) is 5.57 Å². The second kappa shape index (κ2) is 9.67. The number of hydrogen-bond acceptors (Lipinski definition) is 4. The molecule has 0 aliphatic carbocycles. The van der Waals surface area contributed by atoms with Crippen LogP contribution in [-0.2, 0) is 11.3 Å². The van der Waals surface area contributed by atoms with Crippen LogP contribution in [0.5, 0.6) is 5.75 Å². The van der Waals surface area contributed by atoms with Gasteiger partial charge in [0.25, 0.3) is 5.91 Å². The third-order valence-electron chi connectivity index (χ3n) is 2.67. The maximum absolute atomic E-state index is 11.7. The highest BCUT2D eigenvalue weighted by Crippen LogP contribution is 2.10. The molecule has 0 saturated carbocycles. The van der Waals surface area contributed by atoms with E-state index < -0.39 is 5.91 Å². The van der Waals surface area contributed by atoms with Gasteiger partial charge in [-0.2, -0.15) is 5.26 Å². The molecule has 0 spiro atoms. The van der Waals surface area contributed by atoms with E-state index in [1.54, 1.807) is 7.11 Å². The Labute approximate surface area is 129 Å². The van der Waals surface area contributed by atoms with Crippen molar-refractivity contribution in [3.63, 3.8) is 0 Å². The fourth-order valence-electron chi connectivity index (χ4n) is 1.53. The van der Waals surface area contributed by atoms with Crippen LogP contribution in [-0.4, -0.2) is 25.4 Å². The number of carbonyl (C=O) groups is 1. The van der Waals surface area contributed by atoms with Crippen molar-refractivity contribution in [2.45, 2.75) is 13.0 Å². The van der Waals surface area contributed by atoms with E-state index in [0.29, 0.717) is 25.4 Å². The first kappa shape index (κ1) is 16.9. The van der Waals surface area contributed by atoms with Gasteiger partial charge in [0.1, 0.15) is 17.4 Å². The van der Waals surface area contributed by atoms with Crippen molar-refractivity contribution in [2.24, 2.45) is 0 Å². The molecule has 1 amide bonds. The molecule has 0 aromatic heterocycles. The normalized spacial score (nSPS) is 10.6. The maximum atomic E-state index is 11.7. The van der Waals surface area contributed by atoms with Gasteiger partial charge in [-0.1, -0.05) is 12.1 Å². The Morgan fingerprint density at radius 2 is 2.14 bits per heavy atom. The first-order chi connectivity index (χ1) is 10.2. The SMILES string of the molecule is COc1ccc(CN/C=C(/C#N)C(=O)NCCCCl)cc1. The molecule has 1 aromatic carbocycles. The van der Waals surface area contributed by atoms with Gasteiger partial charge in [-0.05, 0) is 24.1 Å². The number of methoxy groups -OCH3 is 1. The third-order valence-corrected chi connectivity index (χ3v) is 2.94. The molecule has 0 aliphatic rings. The molecule has 0 aliphatic heterocycles. The average Bonchev–Trinajstić information content (AvgIpc) is 2.52. The van der Waals surface area contributed by atoms with Crippen molar-refractivity contribution in [3.05, 3.63) is 41.6 Å². The van der Waals surface area contributed by atoms with Gasteiger partial charge in [-0.15, -0.1) is 11.6 Å². The van der Waals surface area contributed by atoms with Crippen molar-refractivity contribution in [1.82, 2.24) is 10.6 Å². The lowest BCUT2D eigenvalue weighted by molar-refractivity contribution is -0.117. The molecule has 6 heteroatoms. The fourth-order valence-corrected chi connectivity index (χ4v) is 1.66. The van der Waals surface area contributed by atoms with Gasteiger partial charge in [-0.25, -0.2) is 0 Å². The number of nitrogens with zero attached hydrogens (tertiary/aromatic N) is 1. The number of rotatable bonds is 8. The molecule has 2 N–H and O–H groups in total. The van der Waals surface area contributed by atoms with Crippen LogP contribution >= 0.6 is 11.6 Å². The summed E-state index contributed by atoms with van der Waals surface area (Å²) in [5, 5.41) is 14.5. The number of hydrogen-bond donors (Lipinski definition) is 2. The van der Waals surface area contributed by atoms with Crippen LogP contribution in [0.3, 0.4) is 0 Å². The van der Waals surface area contributed by atoms with E-state index >= 15 is 0 Å². The predicted octanol–water partition coefficient (Wildman–Crippen LogP) is 1.94. The van der Waals surface area contributed by atoms with Crippen LogP contribution < -0.4 is 15.4 Å². The molecule has 0 heterocycles. The van der Waals surface area contributed by atoms with Crippen LogP contribution in [0.4, 0.5) is 0 Å². The molecule has 112 valence electrons. The van der Waals surface area contributed by atoms with Crippen molar-refractivity contribution >= 4 is 17.5 Å².